The quantitative estimate of drug-likeness (QED) is 0.223. The molecule has 2 N–H and O–H groups in total. The van der Waals surface area contributed by atoms with E-state index in [0.717, 1.165) is 44.8 Å². The van der Waals surface area contributed by atoms with Gasteiger partial charge in [-0.15, -0.1) is 0 Å². The molecule has 8 bridgehead atoms. The molecule has 4 nitrogen and oxygen atoms in total. The molecule has 0 fully saturated rings. The van der Waals surface area contributed by atoms with Crippen LogP contribution >= 0.6 is 0 Å². The van der Waals surface area contributed by atoms with Gasteiger partial charge in [0.05, 0.1) is 22.8 Å². The highest BCUT2D eigenvalue weighted by molar-refractivity contribution is 5.83. The van der Waals surface area contributed by atoms with Crippen molar-refractivity contribution >= 4 is 46.4 Å². The van der Waals surface area contributed by atoms with Crippen molar-refractivity contribution in [2.45, 2.75) is 6.92 Å². The Kier molecular flexibility index (Phi) is 7.08. The van der Waals surface area contributed by atoms with Gasteiger partial charge < -0.3 is 9.97 Å². The molecule has 2 aliphatic heterocycles. The largest absolute Gasteiger partial charge is 0.355 e. The maximum Gasteiger partial charge on any atom is 0.0659 e. The van der Waals surface area contributed by atoms with Crippen LogP contribution in [0.3, 0.4) is 0 Å². The fraction of sp³-hybridized carbons (Fsp3) is 0.0256. The smallest absolute Gasteiger partial charge is 0.0659 e. The van der Waals surface area contributed by atoms with Crippen LogP contribution in [0.25, 0.3) is 68.6 Å². The van der Waals surface area contributed by atoms with E-state index in [4.69, 9.17) is 0 Å². The molecular weight excluding hydrogens is 524 g/mol. The van der Waals surface area contributed by atoms with E-state index in [1.54, 1.807) is 0 Å². The first-order valence-corrected chi connectivity index (χ1v) is 14.4. The molecule has 43 heavy (non-hydrogen) atoms. The van der Waals surface area contributed by atoms with E-state index in [-0.39, 0.29) is 0 Å². The number of nitrogens with zero attached hydrogens (tertiary/aromatic N) is 2. The van der Waals surface area contributed by atoms with Crippen LogP contribution in [0, 0.1) is 6.92 Å². The average Bonchev–Trinajstić information content (AvgIpc) is 3.85. The summed E-state index contributed by atoms with van der Waals surface area (Å²) < 4.78 is 0. The number of rotatable bonds is 2. The van der Waals surface area contributed by atoms with Crippen LogP contribution in [0.15, 0.2) is 127 Å². The van der Waals surface area contributed by atoms with Gasteiger partial charge >= 0.3 is 0 Å². The van der Waals surface area contributed by atoms with Gasteiger partial charge in [-0.05, 0) is 102 Å². The summed E-state index contributed by atoms with van der Waals surface area (Å²) in [5, 5.41) is 0. The van der Waals surface area contributed by atoms with Gasteiger partial charge in [-0.3, -0.25) is 0 Å². The summed E-state index contributed by atoms with van der Waals surface area (Å²) in [7, 11) is 0. The first-order valence-electron chi connectivity index (χ1n) is 14.4. The number of hydrogen-bond acceptors (Lipinski definition) is 2. The van der Waals surface area contributed by atoms with Crippen molar-refractivity contribution in [2.24, 2.45) is 0 Å². The number of nitrogens with one attached hydrogen (secondary N) is 2. The molecule has 0 aliphatic carbocycles. The topological polar surface area (TPSA) is 57.4 Å². The maximum atomic E-state index is 4.62. The summed E-state index contributed by atoms with van der Waals surface area (Å²) in [6.45, 7) is 2.12. The molecule has 2 aliphatic rings. The molecular formula is C39H30N4. The SMILES string of the molecule is C1=Cc2cc3ccc(cc4ccc(cc5nc(cc1n2)C=C5)[nH]4)[nH]3.Cc1ccc(-c2ccccc2-c2ccccc2)cc1. The van der Waals surface area contributed by atoms with E-state index < -0.39 is 0 Å². The molecule has 4 heteroatoms. The van der Waals surface area contributed by atoms with Crippen molar-refractivity contribution in [3.63, 3.8) is 0 Å². The molecule has 0 atom stereocenters. The molecule has 0 unspecified atom stereocenters. The van der Waals surface area contributed by atoms with Crippen molar-refractivity contribution < 1.29 is 0 Å². The second-order valence-corrected chi connectivity index (χ2v) is 10.7. The van der Waals surface area contributed by atoms with E-state index in [1.165, 1.54) is 27.8 Å². The van der Waals surface area contributed by atoms with Crippen LogP contribution < -0.4 is 0 Å². The van der Waals surface area contributed by atoms with Gasteiger partial charge in [0, 0.05) is 22.1 Å². The van der Waals surface area contributed by atoms with Gasteiger partial charge in [-0.2, -0.15) is 0 Å². The minimum Gasteiger partial charge on any atom is -0.355 e. The van der Waals surface area contributed by atoms with Gasteiger partial charge in [0.2, 0.25) is 0 Å². The Morgan fingerprint density at radius 1 is 0.395 bits per heavy atom. The molecule has 0 amide bonds. The molecule has 3 aromatic heterocycles. The van der Waals surface area contributed by atoms with E-state index in [2.05, 4.69) is 136 Å². The number of benzene rings is 3. The molecule has 5 heterocycles. The van der Waals surface area contributed by atoms with Crippen molar-refractivity contribution in [3.8, 4) is 22.3 Å². The Morgan fingerprint density at radius 2 is 0.814 bits per heavy atom. The van der Waals surface area contributed by atoms with Gasteiger partial charge in [-0.1, -0.05) is 84.4 Å². The molecule has 0 saturated heterocycles. The Hall–Kier alpha value is -5.74. The van der Waals surface area contributed by atoms with E-state index in [0.29, 0.717) is 0 Å². The average molecular weight is 555 g/mol. The van der Waals surface area contributed by atoms with Crippen molar-refractivity contribution in [1.29, 1.82) is 0 Å². The molecule has 6 aromatic rings. The second kappa shape index (κ2) is 11.6. The highest BCUT2D eigenvalue weighted by Gasteiger charge is 2.06. The van der Waals surface area contributed by atoms with Crippen molar-refractivity contribution in [2.75, 3.05) is 0 Å². The third-order valence-corrected chi connectivity index (χ3v) is 7.42. The molecule has 0 radical (unpaired) electrons. The number of H-pyrrole nitrogens is 2. The number of hydrogen-bond donors (Lipinski definition) is 2. The third-order valence-electron chi connectivity index (χ3n) is 7.42. The Labute approximate surface area is 250 Å². The first kappa shape index (κ1) is 26.2. The lowest BCUT2D eigenvalue weighted by molar-refractivity contribution is 1.28. The predicted octanol–water partition coefficient (Wildman–Crippen LogP) is 9.98. The van der Waals surface area contributed by atoms with Crippen molar-refractivity contribution in [1.82, 2.24) is 19.9 Å². The summed E-state index contributed by atoms with van der Waals surface area (Å²) in [6, 6.07) is 44.2. The first-order chi connectivity index (χ1) is 21.1. The molecule has 8 rings (SSSR count). The Bertz CT molecular complexity index is 2040. The van der Waals surface area contributed by atoms with E-state index >= 15 is 0 Å². The van der Waals surface area contributed by atoms with Gasteiger partial charge in [0.15, 0.2) is 0 Å². The van der Waals surface area contributed by atoms with E-state index in [9.17, 15) is 0 Å². The molecule has 0 spiro atoms. The lowest BCUT2D eigenvalue weighted by atomic mass is 9.94. The summed E-state index contributed by atoms with van der Waals surface area (Å²) in [6.07, 6.45) is 8.05. The second-order valence-electron chi connectivity index (χ2n) is 10.7. The number of aromatic nitrogens is 4. The minimum absolute atomic E-state index is 0.915. The summed E-state index contributed by atoms with van der Waals surface area (Å²) in [5.41, 5.74) is 14.3. The van der Waals surface area contributed by atoms with Crippen molar-refractivity contribution in [3.05, 3.63) is 156 Å². The fourth-order valence-corrected chi connectivity index (χ4v) is 5.28. The lowest BCUT2D eigenvalue weighted by Crippen LogP contribution is -1.84. The third kappa shape index (κ3) is 6.14. The van der Waals surface area contributed by atoms with Crippen LogP contribution in [-0.4, -0.2) is 19.9 Å². The van der Waals surface area contributed by atoms with Crippen LogP contribution in [0.5, 0.6) is 0 Å². The summed E-state index contributed by atoms with van der Waals surface area (Å²) in [5.74, 6) is 0. The van der Waals surface area contributed by atoms with Crippen LogP contribution in [-0.2, 0) is 0 Å². The normalized spacial score (nSPS) is 11.7. The highest BCUT2D eigenvalue weighted by atomic mass is 14.8. The lowest BCUT2D eigenvalue weighted by Gasteiger charge is -2.10. The zero-order valence-corrected chi connectivity index (χ0v) is 23.8. The summed E-state index contributed by atoms with van der Waals surface area (Å²) in [4.78, 5) is 16.0. The molecule has 206 valence electrons. The predicted molar refractivity (Wildman–Crippen MR) is 181 cm³/mol. The Balaban J connectivity index is 0.000000144. The maximum absolute atomic E-state index is 4.62. The number of aromatic amines is 2. The summed E-state index contributed by atoms with van der Waals surface area (Å²) >= 11 is 0. The molecule has 0 saturated carbocycles. The van der Waals surface area contributed by atoms with Gasteiger partial charge in [0.25, 0.3) is 0 Å². The standard InChI is InChI=1S/C20H14N4.C19H16/c1-2-14-10-16-5-6-18(23-16)12-20-8-7-19(24-20)11-17-4-3-15(22-17)9-13(1)21-14;1-15-11-13-17(14-12-15)19-10-6-5-9-18(19)16-7-3-2-4-8-16/h1-12,21-22H;2-14H,1H3. The monoisotopic (exact) mass is 554 g/mol. The van der Waals surface area contributed by atoms with Crippen LogP contribution in [0.4, 0.5) is 0 Å². The van der Waals surface area contributed by atoms with Gasteiger partial charge in [0.1, 0.15) is 0 Å². The fourth-order valence-electron chi connectivity index (χ4n) is 5.28. The zero-order chi connectivity index (χ0) is 29.0. The van der Waals surface area contributed by atoms with Gasteiger partial charge in [-0.25, -0.2) is 9.97 Å². The van der Waals surface area contributed by atoms with E-state index in [1.807, 2.05) is 42.5 Å². The number of fused-ring (bicyclic) bond motifs is 8. The number of aryl methyl sites for hydroxylation is 1. The highest BCUT2D eigenvalue weighted by Crippen LogP contribution is 2.31. The van der Waals surface area contributed by atoms with Crippen LogP contribution in [0.2, 0.25) is 0 Å². The Morgan fingerprint density at radius 3 is 1.33 bits per heavy atom. The van der Waals surface area contributed by atoms with Crippen LogP contribution in [0.1, 0.15) is 28.3 Å². The zero-order valence-electron chi connectivity index (χ0n) is 23.8. The molecule has 3 aromatic carbocycles. The minimum atomic E-state index is 0.915.